The van der Waals surface area contributed by atoms with Crippen molar-refractivity contribution in [2.24, 2.45) is 0 Å². The molecule has 164 valence electrons. The molecule has 1 aromatic heterocycles. The number of aromatic amines is 1. The van der Waals surface area contributed by atoms with Crippen LogP contribution in [-0.2, 0) is 11.2 Å². The molecule has 1 atom stereocenters. The summed E-state index contributed by atoms with van der Waals surface area (Å²) in [5.74, 6) is -3.12. The molecular weight excluding hydrogens is 486 g/mol. The SMILES string of the molecule is O=C(O)C1=C(C(c2cc(Br)ccc2O)c2c(C(=O)O)[nH]c3ccccc23)c2ccccc2C1. The molecule has 4 N–H and O–H groups in total. The van der Waals surface area contributed by atoms with Crippen molar-refractivity contribution in [1.82, 2.24) is 4.98 Å². The van der Waals surface area contributed by atoms with Gasteiger partial charge in [-0.3, -0.25) is 0 Å². The summed E-state index contributed by atoms with van der Waals surface area (Å²) in [6, 6.07) is 19.5. The zero-order valence-corrected chi connectivity index (χ0v) is 18.8. The normalized spacial score (nSPS) is 13.8. The van der Waals surface area contributed by atoms with Crippen LogP contribution in [0, 0.1) is 0 Å². The summed E-state index contributed by atoms with van der Waals surface area (Å²) in [4.78, 5) is 27.7. The Morgan fingerprint density at radius 1 is 0.939 bits per heavy atom. The molecule has 1 aliphatic rings. The van der Waals surface area contributed by atoms with Crippen LogP contribution >= 0.6 is 15.9 Å². The van der Waals surface area contributed by atoms with E-state index in [4.69, 9.17) is 0 Å². The summed E-state index contributed by atoms with van der Waals surface area (Å²) >= 11 is 3.44. The number of carboxylic acids is 2. The number of phenolic OH excluding ortho intramolecular Hbond substituents is 1. The van der Waals surface area contributed by atoms with Gasteiger partial charge in [-0.25, -0.2) is 9.59 Å². The molecule has 0 saturated heterocycles. The number of rotatable bonds is 5. The maximum atomic E-state index is 12.4. The number of para-hydroxylation sites is 1. The molecule has 4 aromatic rings. The molecule has 0 amide bonds. The van der Waals surface area contributed by atoms with Gasteiger partial charge in [-0.05, 0) is 41.0 Å². The third-order valence-electron chi connectivity index (χ3n) is 6.10. The second-order valence-electron chi connectivity index (χ2n) is 7.93. The molecule has 33 heavy (non-hydrogen) atoms. The van der Waals surface area contributed by atoms with Crippen LogP contribution in [0.25, 0.3) is 16.5 Å². The first-order valence-corrected chi connectivity index (χ1v) is 11.0. The molecule has 5 rings (SSSR count). The summed E-state index contributed by atoms with van der Waals surface area (Å²) in [6.07, 6.45) is 0.219. The molecule has 1 heterocycles. The topological polar surface area (TPSA) is 111 Å². The first kappa shape index (κ1) is 21.0. The number of nitrogens with one attached hydrogen (secondary N) is 1. The van der Waals surface area contributed by atoms with Crippen LogP contribution in [0.5, 0.6) is 5.75 Å². The highest BCUT2D eigenvalue weighted by Gasteiger charge is 2.37. The van der Waals surface area contributed by atoms with Gasteiger partial charge in [-0.1, -0.05) is 58.4 Å². The summed E-state index contributed by atoms with van der Waals surface area (Å²) in [7, 11) is 0. The number of hydrogen-bond donors (Lipinski definition) is 4. The molecule has 0 bridgehead atoms. The minimum absolute atomic E-state index is 0.0396. The monoisotopic (exact) mass is 503 g/mol. The van der Waals surface area contributed by atoms with E-state index in [2.05, 4.69) is 20.9 Å². The van der Waals surface area contributed by atoms with E-state index in [-0.39, 0.29) is 23.4 Å². The van der Waals surface area contributed by atoms with Gasteiger partial charge >= 0.3 is 11.9 Å². The predicted molar refractivity (Wildman–Crippen MR) is 128 cm³/mol. The van der Waals surface area contributed by atoms with Crippen LogP contribution < -0.4 is 0 Å². The molecule has 3 aromatic carbocycles. The summed E-state index contributed by atoms with van der Waals surface area (Å²) in [5, 5.41) is 31.7. The lowest BCUT2D eigenvalue weighted by molar-refractivity contribution is -0.132. The van der Waals surface area contributed by atoms with E-state index in [0.717, 1.165) is 11.1 Å². The van der Waals surface area contributed by atoms with E-state index in [1.54, 1.807) is 36.4 Å². The largest absolute Gasteiger partial charge is 0.508 e. The number of aromatic hydroxyl groups is 1. The Morgan fingerprint density at radius 2 is 1.67 bits per heavy atom. The van der Waals surface area contributed by atoms with Crippen molar-refractivity contribution >= 4 is 44.3 Å². The number of carboxylic acid groups (broad SMARTS) is 2. The number of allylic oxidation sites excluding steroid dienone is 1. The summed E-state index contributed by atoms with van der Waals surface area (Å²) in [6.45, 7) is 0. The van der Waals surface area contributed by atoms with Crippen molar-refractivity contribution in [3.8, 4) is 5.75 Å². The van der Waals surface area contributed by atoms with Crippen LogP contribution in [0.2, 0.25) is 0 Å². The summed E-state index contributed by atoms with van der Waals surface area (Å²) < 4.78 is 0.681. The maximum Gasteiger partial charge on any atom is 0.352 e. The Kier molecular flexibility index (Phi) is 5.06. The number of benzene rings is 3. The van der Waals surface area contributed by atoms with Gasteiger partial charge in [0.25, 0.3) is 0 Å². The molecule has 0 saturated carbocycles. The second-order valence-corrected chi connectivity index (χ2v) is 8.85. The third kappa shape index (κ3) is 3.41. The highest BCUT2D eigenvalue weighted by atomic mass is 79.9. The molecule has 0 aliphatic heterocycles. The van der Waals surface area contributed by atoms with Crippen molar-refractivity contribution in [3.63, 3.8) is 0 Å². The van der Waals surface area contributed by atoms with Gasteiger partial charge < -0.3 is 20.3 Å². The van der Waals surface area contributed by atoms with Crippen molar-refractivity contribution in [2.45, 2.75) is 12.3 Å². The van der Waals surface area contributed by atoms with Crippen LogP contribution in [-0.4, -0.2) is 32.2 Å². The lowest BCUT2D eigenvalue weighted by Crippen LogP contribution is -2.12. The Morgan fingerprint density at radius 3 is 2.42 bits per heavy atom. The van der Waals surface area contributed by atoms with Crippen molar-refractivity contribution in [2.75, 3.05) is 0 Å². The van der Waals surface area contributed by atoms with E-state index in [9.17, 15) is 24.9 Å². The lowest BCUT2D eigenvalue weighted by Gasteiger charge is -2.23. The molecule has 0 radical (unpaired) electrons. The van der Waals surface area contributed by atoms with Crippen LogP contribution in [0.4, 0.5) is 0 Å². The van der Waals surface area contributed by atoms with Gasteiger partial charge in [-0.15, -0.1) is 0 Å². The number of phenols is 1. The minimum atomic E-state index is -1.16. The fourth-order valence-corrected chi connectivity index (χ4v) is 5.13. The van der Waals surface area contributed by atoms with E-state index >= 15 is 0 Å². The average molecular weight is 504 g/mol. The predicted octanol–water partition coefficient (Wildman–Crippen LogP) is 5.56. The van der Waals surface area contributed by atoms with Crippen LogP contribution in [0.15, 0.2) is 76.8 Å². The van der Waals surface area contributed by atoms with Crippen molar-refractivity contribution in [3.05, 3.63) is 105 Å². The Labute approximate surface area is 197 Å². The second kappa shape index (κ2) is 7.94. The maximum absolute atomic E-state index is 12.4. The Hall–Kier alpha value is -3.84. The van der Waals surface area contributed by atoms with Gasteiger partial charge in [0.1, 0.15) is 11.4 Å². The smallest absolute Gasteiger partial charge is 0.352 e. The van der Waals surface area contributed by atoms with Gasteiger partial charge in [-0.2, -0.15) is 0 Å². The zero-order valence-electron chi connectivity index (χ0n) is 17.2. The van der Waals surface area contributed by atoms with Crippen molar-refractivity contribution in [1.29, 1.82) is 0 Å². The first-order chi connectivity index (χ1) is 15.9. The number of halogens is 1. The number of carbonyl (C=O) groups is 2. The highest BCUT2D eigenvalue weighted by molar-refractivity contribution is 9.10. The van der Waals surface area contributed by atoms with Gasteiger partial charge in [0.05, 0.1) is 0 Å². The van der Waals surface area contributed by atoms with E-state index in [1.807, 2.05) is 24.3 Å². The fraction of sp³-hybridized carbons (Fsp3) is 0.0769. The molecule has 0 fully saturated rings. The fourth-order valence-electron chi connectivity index (χ4n) is 4.75. The minimum Gasteiger partial charge on any atom is -0.508 e. The average Bonchev–Trinajstić information content (AvgIpc) is 3.37. The van der Waals surface area contributed by atoms with E-state index in [0.29, 0.717) is 32.1 Å². The number of fused-ring (bicyclic) bond motifs is 2. The standard InChI is InChI=1S/C26H18BrNO5/c27-14-9-10-20(29)17(12-14)22(21-15-6-2-1-5-13(15)11-18(21)25(30)31)23-16-7-3-4-8-19(16)28-24(23)26(32)33/h1-10,12,22,28-29H,11H2,(H,30,31)(H,32,33). The number of aromatic carboxylic acids is 1. The molecule has 1 aliphatic carbocycles. The molecule has 7 heteroatoms. The van der Waals surface area contributed by atoms with Crippen LogP contribution in [0.3, 0.4) is 0 Å². The van der Waals surface area contributed by atoms with Crippen LogP contribution in [0.1, 0.15) is 38.7 Å². The number of H-pyrrole nitrogens is 1. The molecule has 1 unspecified atom stereocenters. The van der Waals surface area contributed by atoms with Gasteiger partial charge in [0.2, 0.25) is 0 Å². The lowest BCUT2D eigenvalue weighted by atomic mass is 9.79. The first-order valence-electron chi connectivity index (χ1n) is 10.2. The Balaban J connectivity index is 1.94. The molecule has 6 nitrogen and oxygen atoms in total. The third-order valence-corrected chi connectivity index (χ3v) is 6.59. The molecule has 0 spiro atoms. The number of hydrogen-bond acceptors (Lipinski definition) is 3. The highest BCUT2D eigenvalue weighted by Crippen LogP contribution is 2.50. The molecular formula is C26H18BrNO5. The van der Waals surface area contributed by atoms with Gasteiger partial charge in [0, 0.05) is 44.4 Å². The number of aliphatic carboxylic acids is 1. The van der Waals surface area contributed by atoms with Crippen molar-refractivity contribution < 1.29 is 24.9 Å². The summed E-state index contributed by atoms with van der Waals surface area (Å²) in [5.41, 5.74) is 3.66. The van der Waals surface area contributed by atoms with Gasteiger partial charge in [0.15, 0.2) is 0 Å². The zero-order chi connectivity index (χ0) is 23.3. The van der Waals surface area contributed by atoms with E-state index < -0.39 is 17.9 Å². The van der Waals surface area contributed by atoms with E-state index in [1.165, 1.54) is 6.07 Å². The quantitative estimate of drug-likeness (QED) is 0.285. The Bertz CT molecular complexity index is 1480. The number of aromatic nitrogens is 1.